The molecule has 1 aromatic heterocycles. The standard InChI is InChI=1S/C27H28N2O6/c1-3-34-26(31)19-12-14-29(15-13-19)25(30)17-35-27(32)22-16-24(18-8-10-20(33-2)11-9-18)28-23-7-5-4-6-21(22)23/h4-11,16,19H,3,12-15,17H2,1-2H3. The molecule has 0 radical (unpaired) electrons. The van der Waals surface area contributed by atoms with Crippen LogP contribution in [0.5, 0.6) is 5.75 Å². The van der Waals surface area contributed by atoms with Crippen molar-refractivity contribution >= 4 is 28.7 Å². The third-order valence-electron chi connectivity index (χ3n) is 6.12. The van der Waals surface area contributed by atoms with Crippen LogP contribution in [0.3, 0.4) is 0 Å². The Morgan fingerprint density at radius 2 is 1.71 bits per heavy atom. The minimum Gasteiger partial charge on any atom is -0.497 e. The second kappa shape index (κ2) is 11.0. The van der Waals surface area contributed by atoms with Gasteiger partial charge in [-0.15, -0.1) is 0 Å². The molecule has 0 N–H and O–H groups in total. The van der Waals surface area contributed by atoms with Gasteiger partial charge in [0, 0.05) is 24.0 Å². The monoisotopic (exact) mass is 476 g/mol. The van der Waals surface area contributed by atoms with Crippen molar-refractivity contribution in [1.82, 2.24) is 9.88 Å². The number of esters is 2. The van der Waals surface area contributed by atoms with Gasteiger partial charge in [-0.3, -0.25) is 9.59 Å². The van der Waals surface area contributed by atoms with Gasteiger partial charge in [0.25, 0.3) is 5.91 Å². The van der Waals surface area contributed by atoms with Crippen LogP contribution in [0.15, 0.2) is 54.6 Å². The number of pyridine rings is 1. The molecule has 182 valence electrons. The van der Waals surface area contributed by atoms with Crippen molar-refractivity contribution in [2.24, 2.45) is 5.92 Å². The van der Waals surface area contributed by atoms with Crippen molar-refractivity contribution in [3.8, 4) is 17.0 Å². The SMILES string of the molecule is CCOC(=O)C1CCN(C(=O)COC(=O)c2cc(-c3ccc(OC)cc3)nc3ccccc23)CC1. The van der Waals surface area contributed by atoms with Crippen molar-refractivity contribution in [2.75, 3.05) is 33.4 Å². The average molecular weight is 477 g/mol. The summed E-state index contributed by atoms with van der Waals surface area (Å²) < 4.78 is 15.7. The lowest BCUT2D eigenvalue weighted by Gasteiger charge is -2.30. The summed E-state index contributed by atoms with van der Waals surface area (Å²) in [5.74, 6) is -0.564. The van der Waals surface area contributed by atoms with Gasteiger partial charge in [0.05, 0.1) is 36.4 Å². The molecule has 1 aliphatic heterocycles. The van der Waals surface area contributed by atoms with Crippen LogP contribution >= 0.6 is 0 Å². The number of rotatable bonds is 7. The van der Waals surface area contributed by atoms with Crippen LogP contribution in [0, 0.1) is 5.92 Å². The summed E-state index contributed by atoms with van der Waals surface area (Å²) >= 11 is 0. The van der Waals surface area contributed by atoms with Gasteiger partial charge >= 0.3 is 11.9 Å². The summed E-state index contributed by atoms with van der Waals surface area (Å²) in [6.45, 7) is 2.62. The maximum atomic E-state index is 13.0. The van der Waals surface area contributed by atoms with E-state index < -0.39 is 5.97 Å². The second-order valence-corrected chi connectivity index (χ2v) is 8.28. The van der Waals surface area contributed by atoms with Crippen molar-refractivity contribution in [3.63, 3.8) is 0 Å². The highest BCUT2D eigenvalue weighted by atomic mass is 16.5. The van der Waals surface area contributed by atoms with E-state index in [0.29, 0.717) is 54.7 Å². The van der Waals surface area contributed by atoms with E-state index in [0.717, 1.165) is 11.3 Å². The van der Waals surface area contributed by atoms with E-state index in [9.17, 15) is 14.4 Å². The average Bonchev–Trinajstić information content (AvgIpc) is 2.91. The molecule has 0 atom stereocenters. The van der Waals surface area contributed by atoms with Gasteiger partial charge in [0.1, 0.15) is 5.75 Å². The van der Waals surface area contributed by atoms with Gasteiger partial charge in [0.15, 0.2) is 6.61 Å². The summed E-state index contributed by atoms with van der Waals surface area (Å²) in [5, 5.41) is 0.650. The van der Waals surface area contributed by atoms with E-state index in [1.54, 1.807) is 31.1 Å². The molecular weight excluding hydrogens is 448 g/mol. The molecule has 2 aromatic carbocycles. The lowest BCUT2D eigenvalue weighted by molar-refractivity contribution is -0.151. The molecule has 8 heteroatoms. The number of para-hydroxylation sites is 1. The molecule has 0 bridgehead atoms. The molecule has 0 unspecified atom stereocenters. The van der Waals surface area contributed by atoms with E-state index in [1.165, 1.54) is 0 Å². The van der Waals surface area contributed by atoms with E-state index in [2.05, 4.69) is 4.98 Å². The van der Waals surface area contributed by atoms with Gasteiger partial charge in [-0.2, -0.15) is 0 Å². The van der Waals surface area contributed by atoms with Crippen LogP contribution < -0.4 is 4.74 Å². The van der Waals surface area contributed by atoms with Crippen LogP contribution in [0.2, 0.25) is 0 Å². The zero-order chi connectivity index (χ0) is 24.8. The lowest BCUT2D eigenvalue weighted by atomic mass is 9.97. The Bertz CT molecular complexity index is 1220. The molecule has 35 heavy (non-hydrogen) atoms. The Morgan fingerprint density at radius 1 is 1.00 bits per heavy atom. The first-order valence-electron chi connectivity index (χ1n) is 11.7. The predicted octanol–water partition coefficient (Wildman–Crippen LogP) is 3.87. The third-order valence-corrected chi connectivity index (χ3v) is 6.12. The number of amides is 1. The number of benzene rings is 2. The molecule has 1 amide bonds. The first-order chi connectivity index (χ1) is 17.0. The van der Waals surface area contributed by atoms with E-state index in [-0.39, 0.29) is 24.4 Å². The van der Waals surface area contributed by atoms with Crippen LogP contribution in [0.4, 0.5) is 0 Å². The Morgan fingerprint density at radius 3 is 2.40 bits per heavy atom. The van der Waals surface area contributed by atoms with Crippen LogP contribution in [-0.2, 0) is 19.1 Å². The largest absolute Gasteiger partial charge is 0.497 e. The number of carbonyl (C=O) groups is 3. The highest BCUT2D eigenvalue weighted by molar-refractivity contribution is 6.05. The predicted molar refractivity (Wildman–Crippen MR) is 130 cm³/mol. The Hall–Kier alpha value is -3.94. The third kappa shape index (κ3) is 5.59. The Balaban J connectivity index is 1.46. The molecule has 1 fully saturated rings. The fourth-order valence-corrected chi connectivity index (χ4v) is 4.17. The van der Waals surface area contributed by atoms with Gasteiger partial charge in [-0.05, 0) is 56.2 Å². The summed E-state index contributed by atoms with van der Waals surface area (Å²) in [4.78, 5) is 43.9. The van der Waals surface area contributed by atoms with Gasteiger partial charge in [-0.25, -0.2) is 9.78 Å². The maximum Gasteiger partial charge on any atom is 0.339 e. The number of piperidine rings is 1. The number of methoxy groups -OCH3 is 1. The van der Waals surface area contributed by atoms with Crippen molar-refractivity contribution in [2.45, 2.75) is 19.8 Å². The van der Waals surface area contributed by atoms with Crippen LogP contribution in [-0.4, -0.2) is 61.1 Å². The number of hydrogen-bond donors (Lipinski definition) is 0. The number of nitrogens with zero attached hydrogens (tertiary/aromatic N) is 2. The molecular formula is C27H28N2O6. The quantitative estimate of drug-likeness (QED) is 0.478. The molecule has 4 rings (SSSR count). The summed E-state index contributed by atoms with van der Waals surface area (Å²) in [6, 6.07) is 16.4. The van der Waals surface area contributed by atoms with E-state index >= 15 is 0 Å². The summed E-state index contributed by atoms with van der Waals surface area (Å²) in [7, 11) is 1.60. The minimum atomic E-state index is -0.590. The normalized spacial score (nSPS) is 13.9. The molecule has 0 aliphatic carbocycles. The molecule has 2 heterocycles. The smallest absolute Gasteiger partial charge is 0.339 e. The van der Waals surface area contributed by atoms with E-state index in [1.807, 2.05) is 42.5 Å². The maximum absolute atomic E-state index is 13.0. The molecule has 0 spiro atoms. The first kappa shape index (κ1) is 24.2. The number of likely N-dealkylation sites (tertiary alicyclic amines) is 1. The van der Waals surface area contributed by atoms with E-state index in [4.69, 9.17) is 14.2 Å². The number of carbonyl (C=O) groups excluding carboxylic acids is 3. The molecule has 3 aromatic rings. The molecule has 1 aliphatic rings. The van der Waals surface area contributed by atoms with Crippen LogP contribution in [0.25, 0.3) is 22.2 Å². The zero-order valence-electron chi connectivity index (χ0n) is 19.9. The highest BCUT2D eigenvalue weighted by Crippen LogP contribution is 2.27. The van der Waals surface area contributed by atoms with Gasteiger partial charge < -0.3 is 19.1 Å². The second-order valence-electron chi connectivity index (χ2n) is 8.28. The Kier molecular flexibility index (Phi) is 7.60. The number of hydrogen-bond acceptors (Lipinski definition) is 7. The molecule has 0 saturated carbocycles. The van der Waals surface area contributed by atoms with Gasteiger partial charge in [-0.1, -0.05) is 18.2 Å². The molecule has 1 saturated heterocycles. The zero-order valence-corrected chi connectivity index (χ0v) is 19.9. The van der Waals surface area contributed by atoms with Gasteiger partial charge in [0.2, 0.25) is 0 Å². The highest BCUT2D eigenvalue weighted by Gasteiger charge is 2.28. The lowest BCUT2D eigenvalue weighted by Crippen LogP contribution is -2.42. The Labute approximate surface area is 203 Å². The number of ether oxygens (including phenoxy) is 3. The first-order valence-corrected chi connectivity index (χ1v) is 11.7. The number of fused-ring (bicyclic) bond motifs is 1. The molecule has 8 nitrogen and oxygen atoms in total. The van der Waals surface area contributed by atoms with Crippen molar-refractivity contribution < 1.29 is 28.6 Å². The topological polar surface area (TPSA) is 95.0 Å². The fourth-order valence-electron chi connectivity index (χ4n) is 4.17. The van der Waals surface area contributed by atoms with Crippen molar-refractivity contribution in [3.05, 3.63) is 60.2 Å². The minimum absolute atomic E-state index is 0.193. The van der Waals surface area contributed by atoms with Crippen molar-refractivity contribution in [1.29, 1.82) is 0 Å². The summed E-state index contributed by atoms with van der Waals surface area (Å²) in [6.07, 6.45) is 1.08. The fraction of sp³-hybridized carbons (Fsp3) is 0.333. The number of aromatic nitrogens is 1. The summed E-state index contributed by atoms with van der Waals surface area (Å²) in [5.41, 5.74) is 2.44. The van der Waals surface area contributed by atoms with Crippen LogP contribution in [0.1, 0.15) is 30.1 Å².